The molecular formula is C11H18N2O. The molecule has 0 saturated carbocycles. The van der Waals surface area contributed by atoms with E-state index in [0.717, 1.165) is 24.1 Å². The number of Topliss-reactive ketones (excluding diaryl/α,β-unsaturated/α-hetero) is 1. The largest absolute Gasteiger partial charge is 0.294 e. The Morgan fingerprint density at radius 1 is 1.50 bits per heavy atom. The van der Waals surface area contributed by atoms with Crippen LogP contribution in [0, 0.1) is 6.92 Å². The van der Waals surface area contributed by atoms with Crippen molar-refractivity contribution >= 4 is 5.78 Å². The van der Waals surface area contributed by atoms with Gasteiger partial charge in [0.25, 0.3) is 0 Å². The summed E-state index contributed by atoms with van der Waals surface area (Å²) in [6.07, 6.45) is 3.78. The summed E-state index contributed by atoms with van der Waals surface area (Å²) in [5.41, 5.74) is 1.74. The number of carbonyl (C=O) groups excluding carboxylic acids is 1. The van der Waals surface area contributed by atoms with Crippen LogP contribution in [0.15, 0.2) is 6.20 Å². The molecule has 0 aliphatic heterocycles. The van der Waals surface area contributed by atoms with Crippen molar-refractivity contribution in [1.29, 1.82) is 0 Å². The number of hydrogen-bond donors (Lipinski definition) is 0. The molecule has 1 aromatic heterocycles. The van der Waals surface area contributed by atoms with Crippen LogP contribution in [0.3, 0.4) is 0 Å². The zero-order chi connectivity index (χ0) is 10.7. The molecular weight excluding hydrogens is 176 g/mol. The van der Waals surface area contributed by atoms with Crippen molar-refractivity contribution < 1.29 is 4.79 Å². The van der Waals surface area contributed by atoms with E-state index in [9.17, 15) is 4.79 Å². The van der Waals surface area contributed by atoms with Gasteiger partial charge in [-0.25, -0.2) is 0 Å². The second-order valence-electron chi connectivity index (χ2n) is 3.61. The Bertz CT molecular complexity index is 324. The van der Waals surface area contributed by atoms with Gasteiger partial charge in [0.1, 0.15) is 0 Å². The zero-order valence-electron chi connectivity index (χ0n) is 9.37. The highest BCUT2D eigenvalue weighted by molar-refractivity contribution is 5.94. The van der Waals surface area contributed by atoms with E-state index in [1.807, 2.05) is 11.6 Å². The first-order valence-corrected chi connectivity index (χ1v) is 5.16. The van der Waals surface area contributed by atoms with Crippen LogP contribution in [-0.4, -0.2) is 15.6 Å². The molecule has 0 fully saturated rings. The quantitative estimate of drug-likeness (QED) is 0.691. The molecule has 3 heteroatoms. The number of rotatable bonds is 4. The Hall–Kier alpha value is -1.12. The lowest BCUT2D eigenvalue weighted by atomic mass is 10.1. The first kappa shape index (κ1) is 11.0. The van der Waals surface area contributed by atoms with Crippen molar-refractivity contribution in [2.24, 2.45) is 0 Å². The second kappa shape index (κ2) is 4.40. The fourth-order valence-corrected chi connectivity index (χ4v) is 1.77. The molecule has 0 atom stereocenters. The van der Waals surface area contributed by atoms with Gasteiger partial charge in [-0.2, -0.15) is 5.10 Å². The smallest absolute Gasteiger partial charge is 0.163 e. The number of aromatic nitrogens is 2. The lowest BCUT2D eigenvalue weighted by Gasteiger charge is -2.15. The lowest BCUT2D eigenvalue weighted by molar-refractivity contribution is 0.101. The predicted octanol–water partition coefficient (Wildman–Crippen LogP) is 2.76. The van der Waals surface area contributed by atoms with Crippen LogP contribution in [0.2, 0.25) is 0 Å². The maximum Gasteiger partial charge on any atom is 0.163 e. The summed E-state index contributed by atoms with van der Waals surface area (Å²) in [6, 6.07) is 0.420. The summed E-state index contributed by atoms with van der Waals surface area (Å²) >= 11 is 0. The molecule has 0 saturated heterocycles. The molecule has 1 heterocycles. The minimum Gasteiger partial charge on any atom is -0.294 e. The fraction of sp³-hybridized carbons (Fsp3) is 0.636. The Labute approximate surface area is 85.1 Å². The fourth-order valence-electron chi connectivity index (χ4n) is 1.77. The Morgan fingerprint density at radius 2 is 2.07 bits per heavy atom. The summed E-state index contributed by atoms with van der Waals surface area (Å²) in [5, 5.41) is 4.27. The zero-order valence-corrected chi connectivity index (χ0v) is 9.37. The normalized spacial score (nSPS) is 10.9. The molecule has 0 bridgehead atoms. The first-order chi connectivity index (χ1) is 6.61. The maximum atomic E-state index is 11.2. The van der Waals surface area contributed by atoms with Gasteiger partial charge < -0.3 is 0 Å². The highest BCUT2D eigenvalue weighted by Gasteiger charge is 2.14. The van der Waals surface area contributed by atoms with Crippen molar-refractivity contribution in [3.63, 3.8) is 0 Å². The van der Waals surface area contributed by atoms with Crippen molar-refractivity contribution in [3.8, 4) is 0 Å². The predicted molar refractivity (Wildman–Crippen MR) is 56.6 cm³/mol. The van der Waals surface area contributed by atoms with Gasteiger partial charge in [-0.05, 0) is 26.7 Å². The van der Waals surface area contributed by atoms with Gasteiger partial charge in [0, 0.05) is 5.69 Å². The molecule has 0 aromatic carbocycles. The van der Waals surface area contributed by atoms with E-state index in [1.54, 1.807) is 13.1 Å². The van der Waals surface area contributed by atoms with Crippen LogP contribution in [0.25, 0.3) is 0 Å². The van der Waals surface area contributed by atoms with E-state index in [4.69, 9.17) is 0 Å². The summed E-state index contributed by atoms with van der Waals surface area (Å²) in [6.45, 7) is 7.83. The SMILES string of the molecule is CCC(CC)n1ncc(C(C)=O)c1C. The highest BCUT2D eigenvalue weighted by Crippen LogP contribution is 2.19. The average molecular weight is 194 g/mol. The number of carbonyl (C=O) groups is 1. The number of ketones is 1. The molecule has 1 aromatic rings. The molecule has 0 amide bonds. The second-order valence-corrected chi connectivity index (χ2v) is 3.61. The van der Waals surface area contributed by atoms with E-state index in [1.165, 1.54) is 0 Å². The summed E-state index contributed by atoms with van der Waals surface area (Å²) in [4.78, 5) is 11.2. The Morgan fingerprint density at radius 3 is 2.43 bits per heavy atom. The average Bonchev–Trinajstić information content (AvgIpc) is 2.51. The first-order valence-electron chi connectivity index (χ1n) is 5.16. The number of hydrogen-bond acceptors (Lipinski definition) is 2. The summed E-state index contributed by atoms with van der Waals surface area (Å²) < 4.78 is 1.97. The van der Waals surface area contributed by atoms with Gasteiger partial charge in [-0.3, -0.25) is 9.48 Å². The van der Waals surface area contributed by atoms with Gasteiger partial charge >= 0.3 is 0 Å². The van der Waals surface area contributed by atoms with Gasteiger partial charge in [0.2, 0.25) is 0 Å². The molecule has 1 rings (SSSR count). The van der Waals surface area contributed by atoms with E-state index in [0.29, 0.717) is 6.04 Å². The topological polar surface area (TPSA) is 34.9 Å². The monoisotopic (exact) mass is 194 g/mol. The van der Waals surface area contributed by atoms with Gasteiger partial charge in [0.15, 0.2) is 5.78 Å². The lowest BCUT2D eigenvalue weighted by Crippen LogP contribution is -2.11. The standard InChI is InChI=1S/C11H18N2O/c1-5-10(6-2)13-8(3)11(7-12-13)9(4)14/h7,10H,5-6H2,1-4H3. The molecule has 3 nitrogen and oxygen atoms in total. The van der Waals surface area contributed by atoms with Crippen LogP contribution in [0.1, 0.15) is 55.7 Å². The number of nitrogens with zero attached hydrogens (tertiary/aromatic N) is 2. The Balaban J connectivity index is 3.05. The molecule has 0 aliphatic carbocycles. The molecule has 0 spiro atoms. The van der Waals surface area contributed by atoms with Crippen molar-refractivity contribution in [1.82, 2.24) is 9.78 Å². The minimum absolute atomic E-state index is 0.0970. The molecule has 0 unspecified atom stereocenters. The third kappa shape index (κ3) is 1.86. The van der Waals surface area contributed by atoms with E-state index < -0.39 is 0 Å². The van der Waals surface area contributed by atoms with Crippen LogP contribution >= 0.6 is 0 Å². The highest BCUT2D eigenvalue weighted by atomic mass is 16.1. The van der Waals surface area contributed by atoms with Gasteiger partial charge in [-0.15, -0.1) is 0 Å². The van der Waals surface area contributed by atoms with Gasteiger partial charge in [-0.1, -0.05) is 13.8 Å². The maximum absolute atomic E-state index is 11.2. The summed E-state index contributed by atoms with van der Waals surface area (Å²) in [5.74, 6) is 0.0970. The van der Waals surface area contributed by atoms with Crippen LogP contribution in [0.4, 0.5) is 0 Å². The third-order valence-electron chi connectivity index (χ3n) is 2.71. The van der Waals surface area contributed by atoms with Gasteiger partial charge in [0.05, 0.1) is 17.8 Å². The third-order valence-corrected chi connectivity index (χ3v) is 2.71. The Kier molecular flexibility index (Phi) is 3.44. The van der Waals surface area contributed by atoms with Crippen molar-refractivity contribution in [2.45, 2.75) is 46.6 Å². The molecule has 0 aliphatic rings. The van der Waals surface area contributed by atoms with E-state index >= 15 is 0 Å². The molecule has 0 radical (unpaired) electrons. The molecule has 14 heavy (non-hydrogen) atoms. The van der Waals surface area contributed by atoms with Crippen LogP contribution in [-0.2, 0) is 0 Å². The minimum atomic E-state index is 0.0970. The van der Waals surface area contributed by atoms with Crippen molar-refractivity contribution in [2.75, 3.05) is 0 Å². The molecule has 0 N–H and O–H groups in total. The van der Waals surface area contributed by atoms with Crippen LogP contribution < -0.4 is 0 Å². The van der Waals surface area contributed by atoms with E-state index in [2.05, 4.69) is 18.9 Å². The summed E-state index contributed by atoms with van der Waals surface area (Å²) in [7, 11) is 0. The van der Waals surface area contributed by atoms with Crippen molar-refractivity contribution in [3.05, 3.63) is 17.5 Å². The molecule has 78 valence electrons. The van der Waals surface area contributed by atoms with Crippen LogP contribution in [0.5, 0.6) is 0 Å². The van der Waals surface area contributed by atoms with E-state index in [-0.39, 0.29) is 5.78 Å².